The summed E-state index contributed by atoms with van der Waals surface area (Å²) >= 11 is 0. The molecule has 0 radical (unpaired) electrons. The van der Waals surface area contributed by atoms with Crippen LogP contribution in [0.3, 0.4) is 0 Å². The number of benzene rings is 3. The van der Waals surface area contributed by atoms with Crippen molar-refractivity contribution in [3.05, 3.63) is 95.1 Å². The molecule has 2 aliphatic rings. The van der Waals surface area contributed by atoms with Gasteiger partial charge in [-0.05, 0) is 48.2 Å². The summed E-state index contributed by atoms with van der Waals surface area (Å²) in [6, 6.07) is 25.0. The second-order valence-corrected chi connectivity index (χ2v) is 9.19. The maximum atomic E-state index is 6.06. The van der Waals surface area contributed by atoms with Crippen LogP contribution in [0.15, 0.2) is 82.8 Å². The predicted molar refractivity (Wildman–Crippen MR) is 130 cm³/mol. The summed E-state index contributed by atoms with van der Waals surface area (Å²) < 4.78 is 12.1. The van der Waals surface area contributed by atoms with E-state index in [4.69, 9.17) is 9.47 Å². The number of rotatable bonds is 8. The lowest BCUT2D eigenvalue weighted by atomic mass is 9.86. The maximum Gasteiger partial charge on any atom is 0.0717 e. The van der Waals surface area contributed by atoms with Crippen LogP contribution in [0.25, 0.3) is 0 Å². The zero-order valence-electron chi connectivity index (χ0n) is 18.6. The minimum absolute atomic E-state index is 0.164. The Labute approximate surface area is 189 Å². The molecule has 2 atom stereocenters. The van der Waals surface area contributed by atoms with E-state index in [9.17, 15) is 0 Å². The highest BCUT2D eigenvalue weighted by molar-refractivity contribution is 5.85. The first-order valence-electron chi connectivity index (χ1n) is 11.1. The first-order valence-corrected chi connectivity index (χ1v) is 11.1. The summed E-state index contributed by atoms with van der Waals surface area (Å²) in [6.07, 6.45) is 4.01. The van der Waals surface area contributed by atoms with Crippen molar-refractivity contribution >= 4 is 23.8 Å². The van der Waals surface area contributed by atoms with E-state index < -0.39 is 0 Å². The molecule has 0 amide bonds. The number of ether oxygens (including phenoxy) is 2. The fourth-order valence-electron chi connectivity index (χ4n) is 4.42. The standard InChI is InChI=1S/C28H28N2O2/c1-27(17-29-25-9-5-3-7-23(25)27)19-31-15-21-11-13-22(14-12-21)16-32-20-28(2)18-30-26-10-6-4-8-24(26)28/h3-14,17-18H,15-16,19-20H2,1-2H3. The molecule has 2 aliphatic heterocycles. The summed E-state index contributed by atoms with van der Waals surface area (Å²) in [6.45, 7) is 6.74. The summed E-state index contributed by atoms with van der Waals surface area (Å²) in [5.74, 6) is 0. The Kier molecular flexibility index (Phi) is 5.50. The van der Waals surface area contributed by atoms with Crippen LogP contribution in [0.5, 0.6) is 0 Å². The van der Waals surface area contributed by atoms with Crippen LogP contribution in [-0.4, -0.2) is 25.6 Å². The molecule has 0 aliphatic carbocycles. The molecule has 0 saturated heterocycles. The van der Waals surface area contributed by atoms with Gasteiger partial charge < -0.3 is 9.47 Å². The van der Waals surface area contributed by atoms with Gasteiger partial charge in [0.1, 0.15) is 0 Å². The molecule has 5 rings (SSSR count). The van der Waals surface area contributed by atoms with E-state index >= 15 is 0 Å². The van der Waals surface area contributed by atoms with Gasteiger partial charge in [0.15, 0.2) is 0 Å². The van der Waals surface area contributed by atoms with Crippen molar-refractivity contribution in [2.75, 3.05) is 13.2 Å². The minimum atomic E-state index is -0.164. The Bertz CT molecular complexity index is 1080. The third-order valence-electron chi connectivity index (χ3n) is 6.38. The molecule has 0 bridgehead atoms. The molecule has 32 heavy (non-hydrogen) atoms. The average Bonchev–Trinajstić information content (AvgIpc) is 3.33. The molecule has 4 nitrogen and oxygen atoms in total. The second-order valence-electron chi connectivity index (χ2n) is 9.19. The van der Waals surface area contributed by atoms with Crippen LogP contribution >= 0.6 is 0 Å². The van der Waals surface area contributed by atoms with Crippen molar-refractivity contribution in [1.82, 2.24) is 0 Å². The molecule has 3 aromatic rings. The SMILES string of the molecule is CC1(COCc2ccc(COCC3(C)C=Nc4ccccc43)cc2)C=Nc2ccccc21. The van der Waals surface area contributed by atoms with Gasteiger partial charge in [-0.15, -0.1) is 0 Å². The lowest BCUT2D eigenvalue weighted by Crippen LogP contribution is -2.27. The first kappa shape index (κ1) is 20.8. The van der Waals surface area contributed by atoms with Crippen molar-refractivity contribution < 1.29 is 9.47 Å². The second kappa shape index (κ2) is 8.45. The molecule has 0 spiro atoms. The number of para-hydroxylation sites is 2. The molecular weight excluding hydrogens is 396 g/mol. The predicted octanol–water partition coefficient (Wildman–Crippen LogP) is 6.07. The Morgan fingerprint density at radius 2 is 1.00 bits per heavy atom. The van der Waals surface area contributed by atoms with Gasteiger partial charge in [-0.2, -0.15) is 0 Å². The van der Waals surface area contributed by atoms with Crippen molar-refractivity contribution in [2.24, 2.45) is 9.98 Å². The van der Waals surface area contributed by atoms with E-state index in [0.29, 0.717) is 26.4 Å². The summed E-state index contributed by atoms with van der Waals surface area (Å²) in [5.41, 5.74) is 6.54. The Hall–Kier alpha value is -3.08. The molecule has 0 aromatic heterocycles. The van der Waals surface area contributed by atoms with E-state index in [1.165, 1.54) is 11.1 Å². The fraction of sp³-hybridized carbons (Fsp3) is 0.286. The summed E-state index contributed by atoms with van der Waals surface area (Å²) in [7, 11) is 0. The van der Waals surface area contributed by atoms with Gasteiger partial charge in [-0.3, -0.25) is 9.98 Å². The van der Waals surface area contributed by atoms with Gasteiger partial charge in [0.25, 0.3) is 0 Å². The van der Waals surface area contributed by atoms with E-state index in [1.54, 1.807) is 0 Å². The van der Waals surface area contributed by atoms with E-state index in [2.05, 4.69) is 84.5 Å². The first-order chi connectivity index (χ1) is 15.6. The van der Waals surface area contributed by atoms with Crippen LogP contribution in [0, 0.1) is 0 Å². The zero-order valence-corrected chi connectivity index (χ0v) is 18.6. The molecule has 2 unspecified atom stereocenters. The van der Waals surface area contributed by atoms with E-state index in [1.807, 2.05) is 24.6 Å². The van der Waals surface area contributed by atoms with Crippen molar-refractivity contribution in [1.29, 1.82) is 0 Å². The lowest BCUT2D eigenvalue weighted by molar-refractivity contribution is 0.0967. The van der Waals surface area contributed by atoms with Crippen LogP contribution in [-0.2, 0) is 33.5 Å². The van der Waals surface area contributed by atoms with Gasteiger partial charge in [0, 0.05) is 12.4 Å². The summed E-state index contributed by atoms with van der Waals surface area (Å²) in [5, 5.41) is 0. The largest absolute Gasteiger partial charge is 0.375 e. The van der Waals surface area contributed by atoms with Crippen molar-refractivity contribution in [2.45, 2.75) is 37.9 Å². The van der Waals surface area contributed by atoms with Crippen LogP contribution in [0.4, 0.5) is 11.4 Å². The minimum Gasteiger partial charge on any atom is -0.375 e. The fourth-order valence-corrected chi connectivity index (χ4v) is 4.42. The van der Waals surface area contributed by atoms with Crippen molar-refractivity contribution in [3.8, 4) is 0 Å². The highest BCUT2D eigenvalue weighted by Gasteiger charge is 2.32. The molecule has 162 valence electrons. The van der Waals surface area contributed by atoms with Gasteiger partial charge in [-0.25, -0.2) is 0 Å². The van der Waals surface area contributed by atoms with Gasteiger partial charge >= 0.3 is 0 Å². The molecule has 0 saturated carbocycles. The highest BCUT2D eigenvalue weighted by Crippen LogP contribution is 2.37. The normalized spacial score (nSPS) is 22.8. The van der Waals surface area contributed by atoms with Crippen molar-refractivity contribution in [3.63, 3.8) is 0 Å². The number of aliphatic imine (C=N–C) groups is 2. The van der Waals surface area contributed by atoms with Crippen LogP contribution in [0.2, 0.25) is 0 Å². The van der Waals surface area contributed by atoms with Crippen LogP contribution in [0.1, 0.15) is 36.1 Å². The smallest absolute Gasteiger partial charge is 0.0717 e. The number of nitrogens with zero attached hydrogens (tertiary/aromatic N) is 2. The van der Waals surface area contributed by atoms with Gasteiger partial charge in [0.05, 0.1) is 48.6 Å². The van der Waals surface area contributed by atoms with E-state index in [0.717, 1.165) is 22.5 Å². The van der Waals surface area contributed by atoms with Crippen LogP contribution < -0.4 is 0 Å². The van der Waals surface area contributed by atoms with Gasteiger partial charge in [-0.1, -0.05) is 60.7 Å². The van der Waals surface area contributed by atoms with E-state index in [-0.39, 0.29) is 10.8 Å². The molecule has 4 heteroatoms. The maximum absolute atomic E-state index is 6.06. The Balaban J connectivity index is 1.11. The molecule has 2 heterocycles. The number of fused-ring (bicyclic) bond motifs is 2. The number of hydrogen-bond acceptors (Lipinski definition) is 4. The molecular formula is C28H28N2O2. The van der Waals surface area contributed by atoms with Gasteiger partial charge in [0.2, 0.25) is 0 Å². The number of hydrogen-bond donors (Lipinski definition) is 0. The Morgan fingerprint density at radius 1 is 0.594 bits per heavy atom. The molecule has 0 fully saturated rings. The molecule has 0 N–H and O–H groups in total. The molecule has 3 aromatic carbocycles. The topological polar surface area (TPSA) is 43.2 Å². The monoisotopic (exact) mass is 424 g/mol. The highest BCUT2D eigenvalue weighted by atomic mass is 16.5. The zero-order chi connectivity index (χ0) is 22.0. The Morgan fingerprint density at radius 3 is 1.44 bits per heavy atom. The quantitative estimate of drug-likeness (QED) is 0.441. The lowest BCUT2D eigenvalue weighted by Gasteiger charge is -2.22. The summed E-state index contributed by atoms with van der Waals surface area (Å²) in [4.78, 5) is 9.07. The average molecular weight is 425 g/mol. The third kappa shape index (κ3) is 4.04. The third-order valence-corrected chi connectivity index (χ3v) is 6.38.